The summed E-state index contributed by atoms with van der Waals surface area (Å²) >= 11 is 1.01. The number of aromatic nitrogens is 2. The smallest absolute Gasteiger partial charge is 0.434 e. The van der Waals surface area contributed by atoms with Gasteiger partial charge in [-0.25, -0.2) is 15.0 Å². The maximum Gasteiger partial charge on any atom is 0.434 e. The summed E-state index contributed by atoms with van der Waals surface area (Å²) in [6, 6.07) is 3.74. The zero-order valence-electron chi connectivity index (χ0n) is 16.6. The second-order valence-electron chi connectivity index (χ2n) is 6.17. The molecule has 0 amide bonds. The third kappa shape index (κ3) is 7.88. The molecule has 0 aliphatic carbocycles. The van der Waals surface area contributed by atoms with Crippen molar-refractivity contribution in [1.82, 2.24) is 20.6 Å². The summed E-state index contributed by atoms with van der Waals surface area (Å²) < 4.78 is 43.6. The number of hydrogen-bond donors (Lipinski definition) is 2. The molecule has 6 nitrogen and oxygen atoms in total. The Morgan fingerprint density at radius 3 is 2.79 bits per heavy atom. The highest BCUT2D eigenvalue weighted by atomic mass is 32.1. The van der Waals surface area contributed by atoms with Crippen LogP contribution in [0.1, 0.15) is 43.0 Å². The average Bonchev–Trinajstić information content (AvgIpc) is 3.17. The van der Waals surface area contributed by atoms with E-state index in [9.17, 15) is 13.2 Å². The molecule has 2 N–H and O–H groups in total. The third-order valence-corrected chi connectivity index (χ3v) is 4.72. The largest absolute Gasteiger partial charge is 0.477 e. The molecule has 0 atom stereocenters. The standard InChI is InChI=1S/C19H26F3N5OS/c1-3-5-11-28-17-14(7-6-9-24-17)12-26-18(23-4-2)25-10-8-16-27-15(13-29-16)19(20,21)22/h6-7,9,13H,3-5,8,10-12H2,1-2H3,(H2,23,25,26). The number of nitrogens with one attached hydrogen (secondary N) is 2. The Morgan fingerprint density at radius 1 is 1.28 bits per heavy atom. The molecule has 2 heterocycles. The van der Waals surface area contributed by atoms with Crippen LogP contribution < -0.4 is 15.4 Å². The topological polar surface area (TPSA) is 71.4 Å². The zero-order chi connectivity index (χ0) is 21.1. The quantitative estimate of drug-likeness (QED) is 0.339. The van der Waals surface area contributed by atoms with Gasteiger partial charge in [-0.2, -0.15) is 13.2 Å². The van der Waals surface area contributed by atoms with Gasteiger partial charge in [-0.1, -0.05) is 19.4 Å². The summed E-state index contributed by atoms with van der Waals surface area (Å²) in [6.45, 7) is 6.10. The molecule has 0 fully saturated rings. The molecule has 0 bridgehead atoms. The number of nitrogens with zero attached hydrogens (tertiary/aromatic N) is 3. The zero-order valence-corrected chi connectivity index (χ0v) is 17.4. The Balaban J connectivity index is 1.92. The van der Waals surface area contributed by atoms with Gasteiger partial charge < -0.3 is 15.4 Å². The van der Waals surface area contributed by atoms with Gasteiger partial charge in [0.05, 0.1) is 18.2 Å². The second kappa shape index (κ2) is 11.6. The van der Waals surface area contributed by atoms with Gasteiger partial charge in [-0.3, -0.25) is 0 Å². The summed E-state index contributed by atoms with van der Waals surface area (Å²) in [4.78, 5) is 12.4. The van der Waals surface area contributed by atoms with E-state index in [-0.39, 0.29) is 0 Å². The van der Waals surface area contributed by atoms with E-state index in [2.05, 4.69) is 32.5 Å². The minimum atomic E-state index is -4.40. The van der Waals surface area contributed by atoms with Crippen LogP contribution >= 0.6 is 11.3 Å². The molecule has 0 aromatic carbocycles. The first-order valence-electron chi connectivity index (χ1n) is 9.54. The van der Waals surface area contributed by atoms with Gasteiger partial charge in [-0.05, 0) is 19.4 Å². The Morgan fingerprint density at radius 2 is 2.10 bits per heavy atom. The molecule has 160 valence electrons. The van der Waals surface area contributed by atoms with Crippen molar-refractivity contribution in [3.05, 3.63) is 40.0 Å². The molecule has 0 saturated carbocycles. The minimum Gasteiger partial charge on any atom is -0.477 e. The van der Waals surface area contributed by atoms with Crippen molar-refractivity contribution in [3.63, 3.8) is 0 Å². The summed E-state index contributed by atoms with van der Waals surface area (Å²) in [5.74, 6) is 1.14. The summed E-state index contributed by atoms with van der Waals surface area (Å²) in [6.07, 6.45) is -0.349. The minimum absolute atomic E-state index is 0.375. The van der Waals surface area contributed by atoms with E-state index < -0.39 is 11.9 Å². The maximum absolute atomic E-state index is 12.6. The van der Waals surface area contributed by atoms with Gasteiger partial charge in [0.1, 0.15) is 0 Å². The Hall–Kier alpha value is -2.36. The van der Waals surface area contributed by atoms with E-state index in [1.54, 1.807) is 6.20 Å². The fraction of sp³-hybridized carbons (Fsp3) is 0.526. The Bertz CT molecular complexity index is 779. The van der Waals surface area contributed by atoms with Gasteiger partial charge in [0.25, 0.3) is 0 Å². The molecule has 0 saturated heterocycles. The predicted molar refractivity (Wildman–Crippen MR) is 108 cm³/mol. The summed E-state index contributed by atoms with van der Waals surface area (Å²) in [7, 11) is 0. The van der Waals surface area contributed by atoms with Crippen LogP contribution in [0.2, 0.25) is 0 Å². The Labute approximate surface area is 172 Å². The Kier molecular flexibility index (Phi) is 9.17. The molecule has 0 radical (unpaired) electrons. The van der Waals surface area contributed by atoms with E-state index in [0.29, 0.717) is 49.5 Å². The normalized spacial score (nSPS) is 12.1. The average molecular weight is 430 g/mol. The van der Waals surface area contributed by atoms with Crippen molar-refractivity contribution < 1.29 is 17.9 Å². The lowest BCUT2D eigenvalue weighted by Gasteiger charge is -2.12. The van der Waals surface area contributed by atoms with E-state index in [1.165, 1.54) is 0 Å². The lowest BCUT2D eigenvalue weighted by atomic mass is 10.2. The van der Waals surface area contributed by atoms with Crippen LogP contribution in [0.3, 0.4) is 0 Å². The molecule has 0 unspecified atom stereocenters. The van der Waals surface area contributed by atoms with Crippen LogP contribution in [0.5, 0.6) is 5.88 Å². The van der Waals surface area contributed by atoms with E-state index in [4.69, 9.17) is 4.74 Å². The number of thiazole rings is 1. The fourth-order valence-corrected chi connectivity index (χ4v) is 3.14. The summed E-state index contributed by atoms with van der Waals surface area (Å²) in [5.41, 5.74) is 0.0285. The number of alkyl halides is 3. The van der Waals surface area contributed by atoms with Crippen molar-refractivity contribution in [2.45, 2.75) is 45.8 Å². The number of pyridine rings is 1. The van der Waals surface area contributed by atoms with Crippen molar-refractivity contribution in [1.29, 1.82) is 0 Å². The highest BCUT2D eigenvalue weighted by Gasteiger charge is 2.33. The second-order valence-corrected chi connectivity index (χ2v) is 7.11. The van der Waals surface area contributed by atoms with Gasteiger partial charge in [0, 0.05) is 36.7 Å². The number of rotatable bonds is 10. The molecular formula is C19H26F3N5OS. The number of ether oxygens (including phenoxy) is 1. The molecule has 0 aliphatic heterocycles. The molecule has 2 rings (SSSR count). The first-order valence-corrected chi connectivity index (χ1v) is 10.4. The molecule has 0 spiro atoms. The predicted octanol–water partition coefficient (Wildman–Crippen LogP) is 4.03. The van der Waals surface area contributed by atoms with Gasteiger partial charge >= 0.3 is 6.18 Å². The van der Waals surface area contributed by atoms with Crippen LogP contribution in [0.25, 0.3) is 0 Å². The van der Waals surface area contributed by atoms with E-state index in [0.717, 1.165) is 35.1 Å². The van der Waals surface area contributed by atoms with Gasteiger partial charge in [0.2, 0.25) is 5.88 Å². The van der Waals surface area contributed by atoms with Crippen LogP contribution in [0.15, 0.2) is 28.7 Å². The number of guanidine groups is 1. The maximum atomic E-state index is 12.6. The number of unbranched alkanes of at least 4 members (excludes halogenated alkanes) is 1. The van der Waals surface area contributed by atoms with Crippen molar-refractivity contribution in [2.75, 3.05) is 19.7 Å². The first kappa shape index (κ1) is 22.9. The lowest BCUT2D eigenvalue weighted by molar-refractivity contribution is -0.140. The molecule has 0 aliphatic rings. The van der Waals surface area contributed by atoms with E-state index >= 15 is 0 Å². The summed E-state index contributed by atoms with van der Waals surface area (Å²) in [5, 5.41) is 7.71. The first-order chi connectivity index (χ1) is 13.9. The molecule has 10 heteroatoms. The van der Waals surface area contributed by atoms with Crippen LogP contribution in [-0.4, -0.2) is 35.6 Å². The lowest BCUT2D eigenvalue weighted by Crippen LogP contribution is -2.38. The third-order valence-electron chi connectivity index (χ3n) is 3.81. The molecule has 2 aromatic heterocycles. The van der Waals surface area contributed by atoms with Gasteiger partial charge in [0.15, 0.2) is 11.7 Å². The van der Waals surface area contributed by atoms with Crippen molar-refractivity contribution >= 4 is 17.3 Å². The monoisotopic (exact) mass is 429 g/mol. The molecule has 2 aromatic rings. The van der Waals surface area contributed by atoms with Crippen LogP contribution in [-0.2, 0) is 19.1 Å². The number of hydrogen-bond acceptors (Lipinski definition) is 5. The van der Waals surface area contributed by atoms with Crippen LogP contribution in [0, 0.1) is 0 Å². The number of aliphatic imine (C=N–C) groups is 1. The van der Waals surface area contributed by atoms with E-state index in [1.807, 2.05) is 19.1 Å². The highest BCUT2D eigenvalue weighted by Crippen LogP contribution is 2.30. The van der Waals surface area contributed by atoms with Gasteiger partial charge in [-0.15, -0.1) is 11.3 Å². The van der Waals surface area contributed by atoms with Crippen molar-refractivity contribution in [3.8, 4) is 5.88 Å². The SMILES string of the molecule is CCCCOc1ncccc1CN=C(NCC)NCCc1nc(C(F)(F)F)cs1. The van der Waals surface area contributed by atoms with Crippen molar-refractivity contribution in [2.24, 2.45) is 4.99 Å². The van der Waals surface area contributed by atoms with Crippen LogP contribution in [0.4, 0.5) is 13.2 Å². The number of halogens is 3. The molecular weight excluding hydrogens is 403 g/mol. The fourth-order valence-electron chi connectivity index (χ4n) is 2.34. The highest BCUT2D eigenvalue weighted by molar-refractivity contribution is 7.09. The molecule has 29 heavy (non-hydrogen) atoms.